The van der Waals surface area contributed by atoms with E-state index in [0.717, 1.165) is 17.5 Å². The summed E-state index contributed by atoms with van der Waals surface area (Å²) in [6.45, 7) is 1.84. The first-order valence-corrected chi connectivity index (χ1v) is 4.49. The number of rotatable bonds is 2. The number of benzene rings is 1. The number of nitrogens with one attached hydrogen (secondary N) is 1. The van der Waals surface area contributed by atoms with Crippen LogP contribution in [0.15, 0.2) is 35.9 Å². The molecule has 1 atom stereocenters. The van der Waals surface area contributed by atoms with Gasteiger partial charge in [0.15, 0.2) is 6.29 Å². The molecule has 0 radical (unpaired) electrons. The lowest BCUT2D eigenvalue weighted by Crippen LogP contribution is -2.09. The molecule has 1 aromatic rings. The third-order valence-corrected chi connectivity index (χ3v) is 2.25. The Bertz CT molecular complexity index is 370. The van der Waals surface area contributed by atoms with Crippen LogP contribution in [-0.2, 0) is 9.63 Å². The molecule has 0 unspecified atom stereocenters. The van der Waals surface area contributed by atoms with Gasteiger partial charge in [-0.25, -0.2) is 0 Å². The summed E-state index contributed by atoms with van der Waals surface area (Å²) in [6.07, 6.45) is 0.662. The van der Waals surface area contributed by atoms with Crippen LogP contribution in [0.1, 0.15) is 12.5 Å². The zero-order valence-corrected chi connectivity index (χ0v) is 7.86. The van der Waals surface area contributed by atoms with Crippen LogP contribution in [0.25, 0.3) is 5.70 Å². The van der Waals surface area contributed by atoms with Gasteiger partial charge in [0.1, 0.15) is 6.10 Å². The number of hydrogen-bond donors (Lipinski definition) is 1. The summed E-state index contributed by atoms with van der Waals surface area (Å²) < 4.78 is 0. The van der Waals surface area contributed by atoms with Crippen molar-refractivity contribution in [2.24, 2.45) is 0 Å². The Labute approximate surface area is 82.3 Å². The van der Waals surface area contributed by atoms with E-state index in [-0.39, 0.29) is 6.10 Å². The van der Waals surface area contributed by atoms with Gasteiger partial charge in [0.2, 0.25) is 0 Å². The van der Waals surface area contributed by atoms with Crippen molar-refractivity contribution in [2.75, 3.05) is 0 Å². The molecule has 0 saturated heterocycles. The first-order valence-electron chi connectivity index (χ1n) is 4.49. The van der Waals surface area contributed by atoms with Crippen molar-refractivity contribution in [1.82, 2.24) is 5.48 Å². The lowest BCUT2D eigenvalue weighted by atomic mass is 10.1. The minimum atomic E-state index is -0.178. The molecule has 0 saturated carbocycles. The van der Waals surface area contributed by atoms with Crippen LogP contribution in [0, 0.1) is 0 Å². The number of carbonyl (C=O) groups is 1. The second-order valence-electron chi connectivity index (χ2n) is 3.18. The molecule has 0 aromatic heterocycles. The topological polar surface area (TPSA) is 38.3 Å². The molecule has 0 spiro atoms. The van der Waals surface area contributed by atoms with Gasteiger partial charge in [0, 0.05) is 11.1 Å². The smallest absolute Gasteiger partial charge is 0.150 e. The summed E-state index contributed by atoms with van der Waals surface area (Å²) in [5.74, 6) is 0. The zero-order valence-electron chi connectivity index (χ0n) is 7.86. The van der Waals surface area contributed by atoms with E-state index in [4.69, 9.17) is 4.84 Å². The molecule has 0 aliphatic carbocycles. The minimum Gasteiger partial charge on any atom is -0.298 e. The Morgan fingerprint density at radius 2 is 2.07 bits per heavy atom. The molecule has 0 amide bonds. The van der Waals surface area contributed by atoms with Gasteiger partial charge < -0.3 is 0 Å². The average molecular weight is 189 g/mol. The molecular formula is C11H11NO2. The molecule has 0 bridgehead atoms. The van der Waals surface area contributed by atoms with Gasteiger partial charge in [0.05, 0.1) is 5.70 Å². The fraction of sp³-hybridized carbons (Fsp3) is 0.182. The lowest BCUT2D eigenvalue weighted by molar-refractivity contribution is -0.105. The summed E-state index contributed by atoms with van der Waals surface area (Å²) >= 11 is 0. The van der Waals surface area contributed by atoms with Crippen LogP contribution in [0.3, 0.4) is 0 Å². The molecule has 72 valence electrons. The number of hydrogen-bond acceptors (Lipinski definition) is 3. The fourth-order valence-electron chi connectivity index (χ4n) is 1.46. The standard InChI is InChI=1S/C11H11NO2/c1-8-10(7-13)11(12-14-8)9-5-3-2-4-6-9/h2-8,12H,1H3/t8-/m0/s1. The van der Waals surface area contributed by atoms with E-state index in [1.165, 1.54) is 0 Å². The molecule has 1 aromatic carbocycles. The van der Waals surface area contributed by atoms with Crippen molar-refractivity contribution < 1.29 is 9.63 Å². The predicted molar refractivity (Wildman–Crippen MR) is 53.1 cm³/mol. The molecule has 3 heteroatoms. The van der Waals surface area contributed by atoms with Crippen LogP contribution >= 0.6 is 0 Å². The Morgan fingerprint density at radius 1 is 1.36 bits per heavy atom. The second-order valence-corrected chi connectivity index (χ2v) is 3.18. The van der Waals surface area contributed by atoms with Gasteiger partial charge >= 0.3 is 0 Å². The van der Waals surface area contributed by atoms with Crippen molar-refractivity contribution in [3.05, 3.63) is 41.5 Å². The van der Waals surface area contributed by atoms with Gasteiger partial charge in [-0.15, -0.1) is 0 Å². The molecule has 1 N–H and O–H groups in total. The van der Waals surface area contributed by atoms with E-state index in [2.05, 4.69) is 5.48 Å². The third kappa shape index (κ3) is 1.42. The molecule has 1 aliphatic heterocycles. The van der Waals surface area contributed by atoms with E-state index in [1.54, 1.807) is 0 Å². The highest BCUT2D eigenvalue weighted by Gasteiger charge is 2.22. The fourth-order valence-corrected chi connectivity index (χ4v) is 1.46. The summed E-state index contributed by atoms with van der Waals surface area (Å²) in [5.41, 5.74) is 5.18. The van der Waals surface area contributed by atoms with Gasteiger partial charge in [0.25, 0.3) is 0 Å². The van der Waals surface area contributed by atoms with Crippen molar-refractivity contribution in [3.8, 4) is 0 Å². The second kappa shape index (κ2) is 3.64. The monoisotopic (exact) mass is 189 g/mol. The molecule has 3 nitrogen and oxygen atoms in total. The maximum atomic E-state index is 10.8. The van der Waals surface area contributed by atoms with E-state index in [1.807, 2.05) is 37.3 Å². The minimum absolute atomic E-state index is 0.178. The van der Waals surface area contributed by atoms with E-state index in [9.17, 15) is 4.79 Å². The van der Waals surface area contributed by atoms with Crippen molar-refractivity contribution in [3.63, 3.8) is 0 Å². The molecular weight excluding hydrogens is 178 g/mol. The third-order valence-electron chi connectivity index (χ3n) is 2.25. The van der Waals surface area contributed by atoms with E-state index < -0.39 is 0 Å². The number of aldehydes is 1. The normalized spacial score (nSPS) is 20.8. The average Bonchev–Trinajstić information content (AvgIpc) is 2.61. The van der Waals surface area contributed by atoms with Gasteiger partial charge in [-0.1, -0.05) is 30.3 Å². The molecule has 1 aliphatic rings. The van der Waals surface area contributed by atoms with Crippen LogP contribution in [0.2, 0.25) is 0 Å². The summed E-state index contributed by atoms with van der Waals surface area (Å²) in [6, 6.07) is 9.66. The maximum Gasteiger partial charge on any atom is 0.150 e. The van der Waals surface area contributed by atoms with Crippen molar-refractivity contribution in [2.45, 2.75) is 13.0 Å². The van der Waals surface area contributed by atoms with Gasteiger partial charge in [-0.2, -0.15) is 0 Å². The highest BCUT2D eigenvalue weighted by Crippen LogP contribution is 2.23. The quantitative estimate of drug-likeness (QED) is 0.717. The zero-order chi connectivity index (χ0) is 9.97. The van der Waals surface area contributed by atoms with Gasteiger partial charge in [-0.3, -0.25) is 15.1 Å². The molecule has 0 fully saturated rings. The maximum absolute atomic E-state index is 10.8. The predicted octanol–water partition coefficient (Wildman–Crippen LogP) is 1.52. The summed E-state index contributed by atoms with van der Waals surface area (Å²) in [5, 5.41) is 0. The molecule has 14 heavy (non-hydrogen) atoms. The Hall–Kier alpha value is -1.61. The first kappa shape index (κ1) is 8.97. The largest absolute Gasteiger partial charge is 0.298 e. The van der Waals surface area contributed by atoms with E-state index >= 15 is 0 Å². The summed E-state index contributed by atoms with van der Waals surface area (Å²) in [4.78, 5) is 16.0. The van der Waals surface area contributed by atoms with Crippen LogP contribution in [-0.4, -0.2) is 12.4 Å². The Morgan fingerprint density at radius 3 is 2.71 bits per heavy atom. The van der Waals surface area contributed by atoms with Crippen molar-refractivity contribution >= 4 is 12.0 Å². The van der Waals surface area contributed by atoms with Gasteiger partial charge in [-0.05, 0) is 6.92 Å². The molecule has 2 rings (SSSR count). The lowest BCUT2D eigenvalue weighted by Gasteiger charge is -2.02. The SMILES string of the molecule is C[C@@H]1ONC(c2ccccc2)=C1C=O. The number of hydroxylamine groups is 1. The highest BCUT2D eigenvalue weighted by atomic mass is 16.7. The Balaban J connectivity index is 2.43. The summed E-state index contributed by atoms with van der Waals surface area (Å²) in [7, 11) is 0. The van der Waals surface area contributed by atoms with Crippen LogP contribution < -0.4 is 5.48 Å². The highest BCUT2D eigenvalue weighted by molar-refractivity contribution is 5.89. The van der Waals surface area contributed by atoms with E-state index in [0.29, 0.717) is 5.57 Å². The van der Waals surface area contributed by atoms with Crippen LogP contribution in [0.5, 0.6) is 0 Å². The number of carbonyl (C=O) groups excluding carboxylic acids is 1. The molecule has 1 heterocycles. The Kier molecular flexibility index (Phi) is 2.33. The van der Waals surface area contributed by atoms with Crippen molar-refractivity contribution in [1.29, 1.82) is 0 Å². The van der Waals surface area contributed by atoms with Crippen LogP contribution in [0.4, 0.5) is 0 Å². The first-order chi connectivity index (χ1) is 6.83.